The second-order valence-electron chi connectivity index (χ2n) is 4.75. The van der Waals surface area contributed by atoms with E-state index in [4.69, 9.17) is 0 Å². The van der Waals surface area contributed by atoms with Crippen molar-refractivity contribution in [3.63, 3.8) is 0 Å². The van der Waals surface area contributed by atoms with Crippen molar-refractivity contribution in [2.24, 2.45) is 0 Å². The van der Waals surface area contributed by atoms with Crippen LogP contribution in [0.5, 0.6) is 0 Å². The molecule has 0 unspecified atom stereocenters. The van der Waals surface area contributed by atoms with E-state index in [9.17, 15) is 4.79 Å². The number of carbonyl (C=O) groups is 1. The maximum atomic E-state index is 12.1. The molecule has 3 rings (SSSR count). The van der Waals surface area contributed by atoms with Crippen LogP contribution in [0.2, 0.25) is 0 Å². The van der Waals surface area contributed by atoms with Gasteiger partial charge in [-0.25, -0.2) is 0 Å². The molecule has 0 bridgehead atoms. The fourth-order valence-corrected chi connectivity index (χ4v) is 2.23. The summed E-state index contributed by atoms with van der Waals surface area (Å²) in [5.41, 5.74) is 2.74. The van der Waals surface area contributed by atoms with E-state index in [1.165, 1.54) is 12.8 Å². The predicted molar refractivity (Wildman–Crippen MR) is 71.7 cm³/mol. The number of fused-ring (bicyclic) bond motifs is 1. The first-order valence-electron chi connectivity index (χ1n) is 6.47. The van der Waals surface area contributed by atoms with E-state index in [0.717, 1.165) is 22.2 Å². The number of rotatable bonds is 3. The first-order valence-corrected chi connectivity index (χ1v) is 6.47. The number of nitrogens with one attached hydrogen (secondary N) is 1. The minimum absolute atomic E-state index is 0.00185. The number of hydrogen-bond donors (Lipinski definition) is 1. The standard InChI is InChI=1S/C15H16N2O/c1-2-16-15(18)12-9-14(10-7-8-10)17-13-6-4-3-5-11(12)13/h3-6,9-10H,2,7-8H2,1H3,(H,16,18). The minimum Gasteiger partial charge on any atom is -0.352 e. The Kier molecular flexibility index (Phi) is 2.74. The summed E-state index contributed by atoms with van der Waals surface area (Å²) in [5, 5.41) is 3.81. The molecular formula is C15H16N2O. The summed E-state index contributed by atoms with van der Waals surface area (Å²) >= 11 is 0. The number of aromatic nitrogens is 1. The zero-order valence-electron chi connectivity index (χ0n) is 10.4. The lowest BCUT2D eigenvalue weighted by Crippen LogP contribution is -2.23. The van der Waals surface area contributed by atoms with Crippen molar-refractivity contribution in [1.29, 1.82) is 0 Å². The highest BCUT2D eigenvalue weighted by Crippen LogP contribution is 2.40. The average Bonchev–Trinajstić information content (AvgIpc) is 3.22. The molecule has 1 N–H and O–H groups in total. The fourth-order valence-electron chi connectivity index (χ4n) is 2.23. The molecule has 0 atom stereocenters. The molecule has 3 nitrogen and oxygen atoms in total. The highest BCUT2D eigenvalue weighted by Gasteiger charge is 2.26. The highest BCUT2D eigenvalue weighted by molar-refractivity contribution is 6.06. The zero-order valence-corrected chi connectivity index (χ0v) is 10.4. The summed E-state index contributed by atoms with van der Waals surface area (Å²) in [6.07, 6.45) is 2.39. The van der Waals surface area contributed by atoms with Crippen LogP contribution >= 0.6 is 0 Å². The lowest BCUT2D eigenvalue weighted by atomic mass is 10.1. The van der Waals surface area contributed by atoms with Crippen molar-refractivity contribution >= 4 is 16.8 Å². The van der Waals surface area contributed by atoms with Gasteiger partial charge in [0.25, 0.3) is 5.91 Å². The molecule has 1 aromatic carbocycles. The highest BCUT2D eigenvalue weighted by atomic mass is 16.1. The average molecular weight is 240 g/mol. The van der Waals surface area contributed by atoms with E-state index in [1.807, 2.05) is 37.3 Å². The number of para-hydroxylation sites is 1. The van der Waals surface area contributed by atoms with Crippen LogP contribution in [0.4, 0.5) is 0 Å². The van der Waals surface area contributed by atoms with Gasteiger partial charge in [-0.1, -0.05) is 18.2 Å². The molecule has 3 heteroatoms. The number of pyridine rings is 1. The number of hydrogen-bond acceptors (Lipinski definition) is 2. The monoisotopic (exact) mass is 240 g/mol. The zero-order chi connectivity index (χ0) is 12.5. The second kappa shape index (κ2) is 4.41. The Morgan fingerprint density at radius 2 is 2.17 bits per heavy atom. The Morgan fingerprint density at radius 1 is 1.39 bits per heavy atom. The largest absolute Gasteiger partial charge is 0.352 e. The van der Waals surface area contributed by atoms with Crippen LogP contribution in [0.1, 0.15) is 41.7 Å². The molecule has 0 saturated heterocycles. The minimum atomic E-state index is -0.00185. The van der Waals surface area contributed by atoms with Gasteiger partial charge >= 0.3 is 0 Å². The third-order valence-corrected chi connectivity index (χ3v) is 3.31. The van der Waals surface area contributed by atoms with Crippen molar-refractivity contribution in [2.45, 2.75) is 25.7 Å². The molecule has 92 valence electrons. The molecule has 1 aliphatic rings. The molecule has 0 spiro atoms. The third kappa shape index (κ3) is 1.96. The smallest absolute Gasteiger partial charge is 0.252 e. The molecule has 1 heterocycles. The molecular weight excluding hydrogens is 224 g/mol. The van der Waals surface area contributed by atoms with Crippen LogP contribution in [-0.2, 0) is 0 Å². The van der Waals surface area contributed by atoms with Gasteiger partial charge in [-0.05, 0) is 31.9 Å². The summed E-state index contributed by atoms with van der Waals surface area (Å²) in [6, 6.07) is 9.82. The molecule has 1 aliphatic carbocycles. The molecule has 1 aromatic heterocycles. The molecule has 2 aromatic rings. The van der Waals surface area contributed by atoms with Gasteiger partial charge in [0.15, 0.2) is 0 Å². The normalized spacial score (nSPS) is 14.7. The number of carbonyl (C=O) groups excluding carboxylic acids is 1. The fraction of sp³-hybridized carbons (Fsp3) is 0.333. The quantitative estimate of drug-likeness (QED) is 0.896. The molecule has 0 aliphatic heterocycles. The number of nitrogens with zero attached hydrogens (tertiary/aromatic N) is 1. The molecule has 0 radical (unpaired) electrons. The summed E-state index contributed by atoms with van der Waals surface area (Å²) in [7, 11) is 0. The van der Waals surface area contributed by atoms with Gasteiger partial charge < -0.3 is 5.32 Å². The maximum Gasteiger partial charge on any atom is 0.252 e. The van der Waals surface area contributed by atoms with E-state index in [-0.39, 0.29) is 5.91 Å². The first kappa shape index (κ1) is 11.2. The van der Waals surface area contributed by atoms with E-state index in [2.05, 4.69) is 10.3 Å². The van der Waals surface area contributed by atoms with Crippen molar-refractivity contribution in [2.75, 3.05) is 6.54 Å². The molecule has 1 saturated carbocycles. The van der Waals surface area contributed by atoms with E-state index >= 15 is 0 Å². The SMILES string of the molecule is CCNC(=O)c1cc(C2CC2)nc2ccccc12. The third-order valence-electron chi connectivity index (χ3n) is 3.31. The van der Waals surface area contributed by atoms with Crippen molar-refractivity contribution < 1.29 is 4.79 Å². The Morgan fingerprint density at radius 3 is 2.89 bits per heavy atom. The molecule has 18 heavy (non-hydrogen) atoms. The lowest BCUT2D eigenvalue weighted by Gasteiger charge is -2.09. The van der Waals surface area contributed by atoms with Crippen LogP contribution in [0.3, 0.4) is 0 Å². The number of amides is 1. The van der Waals surface area contributed by atoms with E-state index in [0.29, 0.717) is 12.5 Å². The van der Waals surface area contributed by atoms with Gasteiger partial charge in [-0.2, -0.15) is 0 Å². The summed E-state index contributed by atoms with van der Waals surface area (Å²) in [4.78, 5) is 16.8. The van der Waals surface area contributed by atoms with Crippen LogP contribution in [0.15, 0.2) is 30.3 Å². The molecule has 1 amide bonds. The maximum absolute atomic E-state index is 12.1. The summed E-state index contributed by atoms with van der Waals surface area (Å²) < 4.78 is 0. The van der Waals surface area contributed by atoms with E-state index < -0.39 is 0 Å². The van der Waals surface area contributed by atoms with Crippen molar-refractivity contribution in [3.8, 4) is 0 Å². The first-order chi connectivity index (χ1) is 8.79. The predicted octanol–water partition coefficient (Wildman–Crippen LogP) is 2.86. The van der Waals surface area contributed by atoms with Crippen molar-refractivity contribution in [1.82, 2.24) is 10.3 Å². The second-order valence-corrected chi connectivity index (χ2v) is 4.75. The van der Waals surface area contributed by atoms with Crippen LogP contribution in [0.25, 0.3) is 10.9 Å². The Labute approximate surface area is 106 Å². The Hall–Kier alpha value is -1.90. The van der Waals surface area contributed by atoms with Crippen molar-refractivity contribution in [3.05, 3.63) is 41.6 Å². The van der Waals surface area contributed by atoms with Gasteiger partial charge in [0.1, 0.15) is 0 Å². The Bertz CT molecular complexity index is 602. The summed E-state index contributed by atoms with van der Waals surface area (Å²) in [5.74, 6) is 0.556. The van der Waals surface area contributed by atoms with Gasteiger partial charge in [0, 0.05) is 23.5 Å². The molecule has 1 fully saturated rings. The van der Waals surface area contributed by atoms with E-state index in [1.54, 1.807) is 0 Å². The Balaban J connectivity index is 2.16. The van der Waals surface area contributed by atoms with Gasteiger partial charge in [0.2, 0.25) is 0 Å². The topological polar surface area (TPSA) is 42.0 Å². The van der Waals surface area contributed by atoms with Crippen LogP contribution in [-0.4, -0.2) is 17.4 Å². The van der Waals surface area contributed by atoms with Crippen LogP contribution < -0.4 is 5.32 Å². The van der Waals surface area contributed by atoms with Gasteiger partial charge in [-0.15, -0.1) is 0 Å². The summed E-state index contributed by atoms with van der Waals surface area (Å²) in [6.45, 7) is 2.58. The lowest BCUT2D eigenvalue weighted by molar-refractivity contribution is 0.0957. The van der Waals surface area contributed by atoms with Gasteiger partial charge in [-0.3, -0.25) is 9.78 Å². The van der Waals surface area contributed by atoms with Gasteiger partial charge in [0.05, 0.1) is 11.1 Å². The van der Waals surface area contributed by atoms with Crippen LogP contribution in [0, 0.1) is 0 Å². The number of benzene rings is 1.